The molecule has 10 nitrogen and oxygen atoms in total. The number of hydrogen-bond acceptors (Lipinski definition) is 7. The van der Waals surface area contributed by atoms with Crippen LogP contribution in [-0.4, -0.2) is 59.7 Å². The minimum Gasteiger partial charge on any atom is -0.354 e. The van der Waals surface area contributed by atoms with Crippen LogP contribution in [0.1, 0.15) is 25.0 Å². The van der Waals surface area contributed by atoms with Gasteiger partial charge in [-0.05, 0) is 32.4 Å². The largest absolute Gasteiger partial charge is 0.354 e. The molecular weight excluding hydrogens is 384 g/mol. The SMILES string of the molecule is Cc1ccc(=O)n(CCN2CCCCC2CNc2nc3nn(C)cc3c(=O)n2C)n1. The Kier molecular flexibility index (Phi) is 5.67. The van der Waals surface area contributed by atoms with Crippen LogP contribution in [-0.2, 0) is 20.6 Å². The minimum atomic E-state index is -0.110. The van der Waals surface area contributed by atoms with Crippen LogP contribution in [0.3, 0.4) is 0 Å². The van der Waals surface area contributed by atoms with E-state index in [1.165, 1.54) is 9.25 Å². The van der Waals surface area contributed by atoms with Crippen LogP contribution in [0.25, 0.3) is 11.0 Å². The molecule has 4 heterocycles. The van der Waals surface area contributed by atoms with E-state index in [2.05, 4.69) is 25.4 Å². The van der Waals surface area contributed by atoms with Gasteiger partial charge in [0.2, 0.25) is 5.95 Å². The number of piperidine rings is 1. The van der Waals surface area contributed by atoms with Gasteiger partial charge >= 0.3 is 0 Å². The molecule has 1 atom stereocenters. The first-order valence-electron chi connectivity index (χ1n) is 10.4. The van der Waals surface area contributed by atoms with E-state index in [9.17, 15) is 9.59 Å². The molecule has 3 aromatic heterocycles. The highest BCUT2D eigenvalue weighted by Gasteiger charge is 2.23. The second-order valence-corrected chi connectivity index (χ2v) is 7.94. The lowest BCUT2D eigenvalue weighted by Gasteiger charge is -2.36. The molecule has 0 radical (unpaired) electrons. The van der Waals surface area contributed by atoms with E-state index < -0.39 is 0 Å². The van der Waals surface area contributed by atoms with Crippen molar-refractivity contribution < 1.29 is 0 Å². The van der Waals surface area contributed by atoms with Gasteiger partial charge in [0.25, 0.3) is 11.1 Å². The Labute approximate surface area is 174 Å². The summed E-state index contributed by atoms with van der Waals surface area (Å²) in [7, 11) is 3.50. The van der Waals surface area contributed by atoms with E-state index >= 15 is 0 Å². The van der Waals surface area contributed by atoms with Crippen molar-refractivity contribution >= 4 is 17.0 Å². The van der Waals surface area contributed by atoms with E-state index in [1.54, 1.807) is 37.1 Å². The van der Waals surface area contributed by atoms with Gasteiger partial charge in [-0.1, -0.05) is 6.42 Å². The first-order chi connectivity index (χ1) is 14.4. The van der Waals surface area contributed by atoms with Crippen LogP contribution in [0.4, 0.5) is 5.95 Å². The van der Waals surface area contributed by atoms with Gasteiger partial charge in [-0.15, -0.1) is 0 Å². The van der Waals surface area contributed by atoms with Gasteiger partial charge in [-0.25, -0.2) is 4.68 Å². The Hall–Kier alpha value is -3.01. The van der Waals surface area contributed by atoms with Gasteiger partial charge in [-0.2, -0.15) is 15.2 Å². The number of hydrogen-bond donors (Lipinski definition) is 1. The minimum absolute atomic E-state index is 0.0739. The third kappa shape index (κ3) is 4.13. The molecule has 1 N–H and O–H groups in total. The zero-order chi connectivity index (χ0) is 21.3. The maximum Gasteiger partial charge on any atom is 0.266 e. The van der Waals surface area contributed by atoms with Crippen molar-refractivity contribution in [3.05, 3.63) is 44.7 Å². The standard InChI is InChI=1S/C20H28N8O2/c1-14-7-8-17(29)28(23-14)11-10-27-9-5-4-6-15(27)12-21-20-22-18-16(13-25(2)24-18)19(30)26(20)3/h7-8,13,15H,4-6,9-12H2,1-3H3,(H,21,22,24). The molecule has 1 aliphatic heterocycles. The van der Waals surface area contributed by atoms with E-state index in [-0.39, 0.29) is 11.1 Å². The molecule has 10 heteroatoms. The third-order valence-electron chi connectivity index (χ3n) is 5.72. The highest BCUT2D eigenvalue weighted by molar-refractivity contribution is 5.74. The first kappa shape index (κ1) is 20.3. The summed E-state index contributed by atoms with van der Waals surface area (Å²) < 4.78 is 4.68. The van der Waals surface area contributed by atoms with Crippen LogP contribution in [0, 0.1) is 6.92 Å². The van der Waals surface area contributed by atoms with Crippen molar-refractivity contribution in [1.29, 1.82) is 0 Å². The zero-order valence-electron chi connectivity index (χ0n) is 17.7. The third-order valence-corrected chi connectivity index (χ3v) is 5.72. The fraction of sp³-hybridized carbons (Fsp3) is 0.550. The van der Waals surface area contributed by atoms with Crippen LogP contribution in [0.5, 0.6) is 0 Å². The molecule has 0 spiro atoms. The highest BCUT2D eigenvalue weighted by atomic mass is 16.1. The number of fused-ring (bicyclic) bond motifs is 1. The lowest BCUT2D eigenvalue weighted by atomic mass is 10.0. The van der Waals surface area contributed by atoms with Crippen LogP contribution < -0.4 is 16.4 Å². The predicted octanol–water partition coefficient (Wildman–Crippen LogP) is 0.499. The van der Waals surface area contributed by atoms with Crippen molar-refractivity contribution in [3.8, 4) is 0 Å². The molecule has 0 aromatic carbocycles. The normalized spacial score (nSPS) is 17.5. The lowest BCUT2D eigenvalue weighted by Crippen LogP contribution is -2.46. The Bertz CT molecular complexity index is 1160. The fourth-order valence-electron chi connectivity index (χ4n) is 4.05. The molecule has 0 aliphatic carbocycles. The summed E-state index contributed by atoms with van der Waals surface area (Å²) in [5.74, 6) is 0.522. The van der Waals surface area contributed by atoms with Gasteiger partial charge in [0, 0.05) is 45.5 Å². The maximum absolute atomic E-state index is 12.6. The number of nitrogens with zero attached hydrogens (tertiary/aromatic N) is 7. The number of rotatable bonds is 6. The summed E-state index contributed by atoms with van der Waals surface area (Å²) in [6.45, 7) is 4.87. The molecule has 0 bridgehead atoms. The van der Waals surface area contributed by atoms with Crippen molar-refractivity contribution in [3.63, 3.8) is 0 Å². The van der Waals surface area contributed by atoms with Crippen LogP contribution in [0.2, 0.25) is 0 Å². The number of nitrogens with one attached hydrogen (secondary N) is 1. The summed E-state index contributed by atoms with van der Waals surface area (Å²) in [5.41, 5.74) is 1.10. The Morgan fingerprint density at radius 1 is 1.13 bits per heavy atom. The quantitative estimate of drug-likeness (QED) is 0.629. The molecule has 4 rings (SSSR count). The summed E-state index contributed by atoms with van der Waals surface area (Å²) in [6.07, 6.45) is 5.06. The molecule has 0 amide bonds. The van der Waals surface area contributed by atoms with E-state index in [0.29, 0.717) is 36.1 Å². The zero-order valence-corrected chi connectivity index (χ0v) is 17.7. The van der Waals surface area contributed by atoms with Crippen molar-refractivity contribution in [2.45, 2.75) is 38.8 Å². The topological polar surface area (TPSA) is 103 Å². The molecule has 1 fully saturated rings. The summed E-state index contributed by atoms with van der Waals surface area (Å²) in [4.78, 5) is 31.5. The second-order valence-electron chi connectivity index (χ2n) is 7.94. The first-order valence-corrected chi connectivity index (χ1v) is 10.4. The Balaban J connectivity index is 1.45. The molecule has 0 saturated carbocycles. The summed E-state index contributed by atoms with van der Waals surface area (Å²) in [5, 5.41) is 12.5. The average molecular weight is 412 g/mol. The maximum atomic E-state index is 12.6. The molecule has 1 unspecified atom stereocenters. The summed E-state index contributed by atoms with van der Waals surface area (Å²) >= 11 is 0. The van der Waals surface area contributed by atoms with Crippen LogP contribution >= 0.6 is 0 Å². The summed E-state index contributed by atoms with van der Waals surface area (Å²) in [6, 6.07) is 3.61. The second kappa shape index (κ2) is 8.39. The molecular formula is C20H28N8O2. The lowest BCUT2D eigenvalue weighted by molar-refractivity contribution is 0.147. The molecule has 1 saturated heterocycles. The number of anilines is 1. The molecule has 3 aromatic rings. The Morgan fingerprint density at radius 3 is 2.80 bits per heavy atom. The van der Waals surface area contributed by atoms with Gasteiger partial charge < -0.3 is 5.32 Å². The average Bonchev–Trinajstić information content (AvgIpc) is 3.11. The molecule has 160 valence electrons. The predicted molar refractivity (Wildman–Crippen MR) is 115 cm³/mol. The van der Waals surface area contributed by atoms with Gasteiger partial charge in [0.15, 0.2) is 5.65 Å². The number of aromatic nitrogens is 6. The van der Waals surface area contributed by atoms with E-state index in [0.717, 1.165) is 38.0 Å². The van der Waals surface area contributed by atoms with E-state index in [1.807, 2.05) is 6.92 Å². The number of likely N-dealkylation sites (tertiary alicyclic amines) is 1. The van der Waals surface area contributed by atoms with Gasteiger partial charge in [0.1, 0.15) is 5.39 Å². The van der Waals surface area contributed by atoms with Crippen molar-refractivity contribution in [1.82, 2.24) is 34.0 Å². The highest BCUT2D eigenvalue weighted by Crippen LogP contribution is 2.18. The van der Waals surface area contributed by atoms with Gasteiger partial charge in [-0.3, -0.25) is 23.7 Å². The van der Waals surface area contributed by atoms with Gasteiger partial charge in [0.05, 0.1) is 12.2 Å². The smallest absolute Gasteiger partial charge is 0.266 e. The van der Waals surface area contributed by atoms with E-state index in [4.69, 9.17) is 0 Å². The fourth-order valence-corrected chi connectivity index (χ4v) is 4.05. The Morgan fingerprint density at radius 2 is 1.97 bits per heavy atom. The monoisotopic (exact) mass is 412 g/mol. The van der Waals surface area contributed by atoms with Crippen LogP contribution in [0.15, 0.2) is 27.9 Å². The van der Waals surface area contributed by atoms with Crippen molar-refractivity contribution in [2.24, 2.45) is 14.1 Å². The molecule has 30 heavy (non-hydrogen) atoms. The van der Waals surface area contributed by atoms with Crippen molar-refractivity contribution in [2.75, 3.05) is 25.0 Å². The number of aryl methyl sites for hydroxylation is 2. The molecule has 1 aliphatic rings.